The molecule has 2 bridgehead atoms. The summed E-state index contributed by atoms with van der Waals surface area (Å²) in [4.78, 5) is 12.0. The summed E-state index contributed by atoms with van der Waals surface area (Å²) in [6.07, 6.45) is 5.33. The maximum absolute atomic E-state index is 12.8. The van der Waals surface area contributed by atoms with Crippen LogP contribution >= 0.6 is 0 Å². The normalized spacial score (nSPS) is 28.4. The van der Waals surface area contributed by atoms with Crippen molar-refractivity contribution in [3.05, 3.63) is 35.6 Å². The standard InChI is InChI=1S/C17H23FN2O/c1-11(16-9-13-2-5-14(16)8-13)20-17(21)19-10-12-3-6-15(18)7-4-12/h3-4,6-7,11,13-14,16H,2,5,8-10H2,1H3,(H2,19,20,21). The van der Waals surface area contributed by atoms with Gasteiger partial charge in [0.25, 0.3) is 0 Å². The number of rotatable bonds is 4. The number of carbonyl (C=O) groups is 1. The van der Waals surface area contributed by atoms with Crippen LogP contribution in [-0.2, 0) is 6.54 Å². The van der Waals surface area contributed by atoms with Crippen LogP contribution in [0.5, 0.6) is 0 Å². The molecule has 2 saturated carbocycles. The van der Waals surface area contributed by atoms with Gasteiger partial charge in [0.2, 0.25) is 0 Å². The van der Waals surface area contributed by atoms with E-state index in [1.54, 1.807) is 12.1 Å². The van der Waals surface area contributed by atoms with Gasteiger partial charge >= 0.3 is 6.03 Å². The average Bonchev–Trinajstić information content (AvgIpc) is 3.09. The Morgan fingerprint density at radius 1 is 1.29 bits per heavy atom. The topological polar surface area (TPSA) is 41.1 Å². The van der Waals surface area contributed by atoms with Gasteiger partial charge in [0.15, 0.2) is 0 Å². The van der Waals surface area contributed by atoms with Crippen LogP contribution in [0.3, 0.4) is 0 Å². The van der Waals surface area contributed by atoms with Gasteiger partial charge in [-0.1, -0.05) is 18.6 Å². The predicted octanol–water partition coefficient (Wildman–Crippen LogP) is 3.45. The minimum absolute atomic E-state index is 0.130. The molecule has 2 fully saturated rings. The second-order valence-corrected chi connectivity index (χ2v) is 6.58. The summed E-state index contributed by atoms with van der Waals surface area (Å²) in [7, 11) is 0. The molecule has 1 aromatic rings. The lowest BCUT2D eigenvalue weighted by Crippen LogP contribution is -2.45. The summed E-state index contributed by atoms with van der Waals surface area (Å²) in [6, 6.07) is 6.30. The summed E-state index contributed by atoms with van der Waals surface area (Å²) in [5.41, 5.74) is 0.902. The Labute approximate surface area is 125 Å². The highest BCUT2D eigenvalue weighted by Crippen LogP contribution is 2.49. The number of nitrogens with one attached hydrogen (secondary N) is 2. The second kappa shape index (κ2) is 6.04. The Morgan fingerprint density at radius 2 is 2.05 bits per heavy atom. The average molecular weight is 290 g/mol. The van der Waals surface area contributed by atoms with Crippen molar-refractivity contribution in [3.8, 4) is 0 Å². The molecular formula is C17H23FN2O. The van der Waals surface area contributed by atoms with E-state index in [0.717, 1.165) is 17.4 Å². The van der Waals surface area contributed by atoms with E-state index in [-0.39, 0.29) is 17.9 Å². The molecule has 2 amide bonds. The lowest BCUT2D eigenvalue weighted by Gasteiger charge is -2.28. The van der Waals surface area contributed by atoms with Crippen molar-refractivity contribution in [1.82, 2.24) is 10.6 Å². The number of halogens is 1. The fraction of sp³-hybridized carbons (Fsp3) is 0.588. The summed E-state index contributed by atoms with van der Waals surface area (Å²) in [5, 5.41) is 5.91. The molecule has 0 aromatic heterocycles. The van der Waals surface area contributed by atoms with Gasteiger partial charge in [-0.15, -0.1) is 0 Å². The highest BCUT2D eigenvalue weighted by molar-refractivity contribution is 5.74. The van der Waals surface area contributed by atoms with Gasteiger partial charge in [0.05, 0.1) is 0 Å². The van der Waals surface area contributed by atoms with Gasteiger partial charge in [0.1, 0.15) is 5.82 Å². The largest absolute Gasteiger partial charge is 0.335 e. The fourth-order valence-electron chi connectivity index (χ4n) is 4.06. The second-order valence-electron chi connectivity index (χ2n) is 6.58. The number of urea groups is 1. The molecular weight excluding hydrogens is 267 g/mol. The molecule has 0 radical (unpaired) electrons. The highest BCUT2D eigenvalue weighted by atomic mass is 19.1. The maximum Gasteiger partial charge on any atom is 0.315 e. The SMILES string of the molecule is CC(NC(=O)NCc1ccc(F)cc1)C1CC2CCC1C2. The van der Waals surface area contributed by atoms with Crippen molar-refractivity contribution >= 4 is 6.03 Å². The number of fused-ring (bicyclic) bond motifs is 2. The zero-order chi connectivity index (χ0) is 14.8. The third kappa shape index (κ3) is 3.36. The molecule has 2 aliphatic rings. The van der Waals surface area contributed by atoms with Crippen molar-refractivity contribution < 1.29 is 9.18 Å². The maximum atomic E-state index is 12.8. The van der Waals surface area contributed by atoms with E-state index < -0.39 is 0 Å². The van der Waals surface area contributed by atoms with E-state index in [1.165, 1.54) is 37.8 Å². The van der Waals surface area contributed by atoms with Crippen LogP contribution < -0.4 is 10.6 Å². The monoisotopic (exact) mass is 290 g/mol. The van der Waals surface area contributed by atoms with Crippen LogP contribution in [-0.4, -0.2) is 12.1 Å². The van der Waals surface area contributed by atoms with Crippen LogP contribution in [0, 0.1) is 23.6 Å². The van der Waals surface area contributed by atoms with Crippen molar-refractivity contribution in [2.24, 2.45) is 17.8 Å². The lowest BCUT2D eigenvalue weighted by atomic mass is 9.84. The van der Waals surface area contributed by atoms with Gasteiger partial charge in [-0.3, -0.25) is 0 Å². The lowest BCUT2D eigenvalue weighted by molar-refractivity contribution is 0.220. The minimum atomic E-state index is -0.256. The molecule has 3 nitrogen and oxygen atoms in total. The van der Waals surface area contributed by atoms with E-state index in [4.69, 9.17) is 0 Å². The summed E-state index contributed by atoms with van der Waals surface area (Å²) in [6.45, 7) is 2.54. The molecule has 0 aliphatic heterocycles. The van der Waals surface area contributed by atoms with Gasteiger partial charge < -0.3 is 10.6 Å². The number of benzene rings is 1. The predicted molar refractivity (Wildman–Crippen MR) is 80.2 cm³/mol. The first-order chi connectivity index (χ1) is 10.1. The van der Waals surface area contributed by atoms with Gasteiger partial charge in [-0.25, -0.2) is 9.18 Å². The first-order valence-electron chi connectivity index (χ1n) is 7.90. The molecule has 2 N–H and O–H groups in total. The van der Waals surface area contributed by atoms with Gasteiger partial charge in [-0.2, -0.15) is 0 Å². The van der Waals surface area contributed by atoms with E-state index in [2.05, 4.69) is 17.6 Å². The van der Waals surface area contributed by atoms with Crippen molar-refractivity contribution in [2.45, 2.75) is 45.2 Å². The van der Waals surface area contributed by atoms with Crippen molar-refractivity contribution in [2.75, 3.05) is 0 Å². The minimum Gasteiger partial charge on any atom is -0.335 e. The molecule has 0 heterocycles. The van der Waals surface area contributed by atoms with E-state index in [9.17, 15) is 9.18 Å². The number of hydrogen-bond acceptors (Lipinski definition) is 1. The quantitative estimate of drug-likeness (QED) is 0.876. The molecule has 4 atom stereocenters. The molecule has 2 aliphatic carbocycles. The van der Waals surface area contributed by atoms with Gasteiger partial charge in [-0.05, 0) is 61.6 Å². The van der Waals surface area contributed by atoms with Crippen LogP contribution in [0.15, 0.2) is 24.3 Å². The molecule has 0 saturated heterocycles. The molecule has 21 heavy (non-hydrogen) atoms. The van der Waals surface area contributed by atoms with Crippen LogP contribution in [0.4, 0.5) is 9.18 Å². The zero-order valence-electron chi connectivity index (χ0n) is 12.4. The molecule has 0 spiro atoms. The summed E-state index contributed by atoms with van der Waals surface area (Å²) < 4.78 is 12.8. The van der Waals surface area contributed by atoms with Crippen molar-refractivity contribution in [1.29, 1.82) is 0 Å². The smallest absolute Gasteiger partial charge is 0.315 e. The molecule has 4 heteroatoms. The first kappa shape index (κ1) is 14.4. The zero-order valence-corrected chi connectivity index (χ0v) is 12.4. The third-order valence-electron chi connectivity index (χ3n) is 5.16. The number of carbonyl (C=O) groups excluding carboxylic acids is 1. The summed E-state index contributed by atoms with van der Waals surface area (Å²) in [5.74, 6) is 2.09. The molecule has 3 rings (SSSR count). The Balaban J connectivity index is 1.44. The van der Waals surface area contributed by atoms with Crippen LogP contribution in [0.1, 0.15) is 38.2 Å². The van der Waals surface area contributed by atoms with Crippen molar-refractivity contribution in [3.63, 3.8) is 0 Å². The fourth-order valence-corrected chi connectivity index (χ4v) is 4.06. The van der Waals surface area contributed by atoms with E-state index in [1.807, 2.05) is 0 Å². The Hall–Kier alpha value is -1.58. The van der Waals surface area contributed by atoms with Crippen LogP contribution in [0.2, 0.25) is 0 Å². The van der Waals surface area contributed by atoms with Crippen LogP contribution in [0.25, 0.3) is 0 Å². The number of amides is 2. The Kier molecular flexibility index (Phi) is 4.13. The number of hydrogen-bond donors (Lipinski definition) is 2. The van der Waals surface area contributed by atoms with Gasteiger partial charge in [0, 0.05) is 12.6 Å². The summed E-state index contributed by atoms with van der Waals surface area (Å²) >= 11 is 0. The Morgan fingerprint density at radius 3 is 2.67 bits per heavy atom. The Bertz CT molecular complexity index is 502. The van der Waals surface area contributed by atoms with E-state index >= 15 is 0 Å². The third-order valence-corrected chi connectivity index (χ3v) is 5.16. The highest BCUT2D eigenvalue weighted by Gasteiger charge is 2.42. The molecule has 114 valence electrons. The first-order valence-corrected chi connectivity index (χ1v) is 7.90. The molecule has 4 unspecified atom stereocenters. The molecule has 1 aromatic carbocycles. The van der Waals surface area contributed by atoms with E-state index in [0.29, 0.717) is 12.5 Å².